The molecule has 3 N–H and O–H groups in total. The molecule has 0 saturated carbocycles. The number of rotatable bonds is 1. The molecule has 0 unspecified atom stereocenters. The molecule has 1 heterocycles. The summed E-state index contributed by atoms with van der Waals surface area (Å²) >= 11 is 12.7. The zero-order chi connectivity index (χ0) is 15.3. The minimum atomic E-state index is 0.155. The fourth-order valence-electron chi connectivity index (χ4n) is 3.68. The van der Waals surface area contributed by atoms with Gasteiger partial charge in [-0.1, -0.05) is 47.5 Å². The Morgan fingerprint density at radius 3 is 2.82 bits per heavy atom. The lowest BCUT2D eigenvalue weighted by Gasteiger charge is -2.38. The van der Waals surface area contributed by atoms with Gasteiger partial charge >= 0.3 is 0 Å². The van der Waals surface area contributed by atoms with E-state index in [1.54, 1.807) is 0 Å². The highest BCUT2D eigenvalue weighted by molar-refractivity contribution is 6.42. The second-order valence-corrected chi connectivity index (χ2v) is 6.75. The molecule has 112 valence electrons. The number of anilines is 2. The Labute approximate surface area is 139 Å². The van der Waals surface area contributed by atoms with Crippen molar-refractivity contribution in [3.05, 3.63) is 69.7 Å². The van der Waals surface area contributed by atoms with E-state index in [0.29, 0.717) is 21.9 Å². The van der Waals surface area contributed by atoms with Crippen molar-refractivity contribution in [2.24, 2.45) is 5.92 Å². The standard InChI is InChI=1S/C18H16Cl2N2/c19-15-6-2-5-13(17(15)20)18-12-4-1-3-11(12)14-9-10(21)7-8-16(14)22-18/h1-3,5-9,11-12,18,22H,4,21H2/t11-,12-,18+/m0/s1. The molecule has 0 radical (unpaired) electrons. The number of halogens is 2. The van der Waals surface area contributed by atoms with Crippen LogP contribution in [0.5, 0.6) is 0 Å². The van der Waals surface area contributed by atoms with Crippen molar-refractivity contribution in [1.82, 2.24) is 0 Å². The smallest absolute Gasteiger partial charge is 0.0645 e. The third kappa shape index (κ3) is 2.10. The maximum absolute atomic E-state index is 6.46. The van der Waals surface area contributed by atoms with Crippen LogP contribution in [0.2, 0.25) is 10.0 Å². The highest BCUT2D eigenvalue weighted by atomic mass is 35.5. The fourth-order valence-corrected chi connectivity index (χ4v) is 4.11. The SMILES string of the molecule is Nc1ccc2c(c1)[C@H]1C=CC[C@@H]1[C@H](c1cccc(Cl)c1Cl)N2. The Hall–Kier alpha value is -1.64. The van der Waals surface area contributed by atoms with Gasteiger partial charge in [0.05, 0.1) is 16.1 Å². The van der Waals surface area contributed by atoms with E-state index in [2.05, 4.69) is 35.7 Å². The van der Waals surface area contributed by atoms with Gasteiger partial charge in [0.15, 0.2) is 0 Å². The van der Waals surface area contributed by atoms with Gasteiger partial charge in [-0.05, 0) is 47.7 Å². The van der Waals surface area contributed by atoms with Crippen molar-refractivity contribution in [2.75, 3.05) is 11.1 Å². The molecule has 4 heteroatoms. The van der Waals surface area contributed by atoms with Crippen molar-refractivity contribution in [1.29, 1.82) is 0 Å². The molecule has 2 aliphatic rings. The van der Waals surface area contributed by atoms with Crippen LogP contribution < -0.4 is 11.1 Å². The third-order valence-corrected chi connectivity index (χ3v) is 5.54. The first-order valence-corrected chi connectivity index (χ1v) is 8.17. The summed E-state index contributed by atoms with van der Waals surface area (Å²) in [6.45, 7) is 0. The normalized spacial score (nSPS) is 25.5. The molecule has 4 rings (SSSR count). The van der Waals surface area contributed by atoms with Crippen LogP contribution in [0, 0.1) is 5.92 Å². The molecule has 2 aromatic rings. The van der Waals surface area contributed by atoms with E-state index >= 15 is 0 Å². The number of hydrogen-bond acceptors (Lipinski definition) is 2. The topological polar surface area (TPSA) is 38.0 Å². The number of allylic oxidation sites excluding steroid dienone is 2. The molecule has 0 amide bonds. The summed E-state index contributed by atoms with van der Waals surface area (Å²) in [5.41, 5.74) is 10.2. The lowest BCUT2D eigenvalue weighted by atomic mass is 9.77. The van der Waals surface area contributed by atoms with E-state index in [1.807, 2.05) is 18.2 Å². The predicted molar refractivity (Wildman–Crippen MR) is 93.7 cm³/mol. The van der Waals surface area contributed by atoms with E-state index in [0.717, 1.165) is 23.4 Å². The number of nitrogens with one attached hydrogen (secondary N) is 1. The van der Waals surface area contributed by atoms with Crippen molar-refractivity contribution in [3.63, 3.8) is 0 Å². The molecule has 0 bridgehead atoms. The van der Waals surface area contributed by atoms with Crippen LogP contribution in [-0.2, 0) is 0 Å². The maximum Gasteiger partial charge on any atom is 0.0645 e. The highest BCUT2D eigenvalue weighted by Gasteiger charge is 2.38. The minimum absolute atomic E-state index is 0.155. The molecule has 22 heavy (non-hydrogen) atoms. The van der Waals surface area contributed by atoms with Crippen LogP contribution in [0.3, 0.4) is 0 Å². The first kappa shape index (κ1) is 14.0. The Morgan fingerprint density at radius 2 is 1.95 bits per heavy atom. The van der Waals surface area contributed by atoms with Crippen LogP contribution >= 0.6 is 23.2 Å². The number of benzene rings is 2. The quantitative estimate of drug-likeness (QED) is 0.542. The highest BCUT2D eigenvalue weighted by Crippen LogP contribution is 2.51. The summed E-state index contributed by atoms with van der Waals surface area (Å²) in [6.07, 6.45) is 5.56. The lowest BCUT2D eigenvalue weighted by molar-refractivity contribution is 0.426. The lowest BCUT2D eigenvalue weighted by Crippen LogP contribution is -2.29. The molecular formula is C18H16Cl2N2. The van der Waals surface area contributed by atoms with E-state index < -0.39 is 0 Å². The molecule has 0 saturated heterocycles. The van der Waals surface area contributed by atoms with Gasteiger partial charge in [-0.25, -0.2) is 0 Å². The molecule has 0 aromatic heterocycles. The van der Waals surface area contributed by atoms with E-state index in [4.69, 9.17) is 28.9 Å². The molecule has 3 atom stereocenters. The number of nitrogen functional groups attached to an aromatic ring is 1. The van der Waals surface area contributed by atoms with Crippen molar-refractivity contribution < 1.29 is 0 Å². The van der Waals surface area contributed by atoms with Crippen LogP contribution in [-0.4, -0.2) is 0 Å². The predicted octanol–water partition coefficient (Wildman–Crippen LogP) is 5.40. The second-order valence-electron chi connectivity index (χ2n) is 5.97. The zero-order valence-corrected chi connectivity index (χ0v) is 13.4. The molecular weight excluding hydrogens is 315 g/mol. The van der Waals surface area contributed by atoms with Gasteiger partial charge in [0.1, 0.15) is 0 Å². The van der Waals surface area contributed by atoms with E-state index in [-0.39, 0.29) is 6.04 Å². The summed E-state index contributed by atoms with van der Waals surface area (Å²) < 4.78 is 0. The van der Waals surface area contributed by atoms with Crippen LogP contribution in [0.25, 0.3) is 0 Å². The van der Waals surface area contributed by atoms with Gasteiger partial charge in [0.25, 0.3) is 0 Å². The van der Waals surface area contributed by atoms with Gasteiger partial charge in [-0.15, -0.1) is 0 Å². The molecule has 2 aromatic carbocycles. The first-order valence-electron chi connectivity index (χ1n) is 7.41. The van der Waals surface area contributed by atoms with Crippen LogP contribution in [0.4, 0.5) is 11.4 Å². The second kappa shape index (κ2) is 5.22. The van der Waals surface area contributed by atoms with Crippen LogP contribution in [0.15, 0.2) is 48.6 Å². The Kier molecular flexibility index (Phi) is 3.32. The van der Waals surface area contributed by atoms with E-state index in [1.165, 1.54) is 5.56 Å². The minimum Gasteiger partial charge on any atom is -0.399 e. The number of hydrogen-bond donors (Lipinski definition) is 2. The largest absolute Gasteiger partial charge is 0.399 e. The Balaban J connectivity index is 1.83. The monoisotopic (exact) mass is 330 g/mol. The average molecular weight is 331 g/mol. The number of nitrogens with two attached hydrogens (primary N) is 1. The van der Waals surface area contributed by atoms with Gasteiger partial charge in [0, 0.05) is 17.3 Å². The van der Waals surface area contributed by atoms with Crippen molar-refractivity contribution >= 4 is 34.6 Å². The van der Waals surface area contributed by atoms with Crippen molar-refractivity contribution in [3.8, 4) is 0 Å². The third-order valence-electron chi connectivity index (χ3n) is 4.70. The maximum atomic E-state index is 6.46. The zero-order valence-electron chi connectivity index (χ0n) is 11.9. The van der Waals surface area contributed by atoms with Gasteiger partial charge in [0.2, 0.25) is 0 Å². The molecule has 0 fully saturated rings. The van der Waals surface area contributed by atoms with E-state index in [9.17, 15) is 0 Å². The average Bonchev–Trinajstić information content (AvgIpc) is 2.99. The molecule has 2 nitrogen and oxygen atoms in total. The summed E-state index contributed by atoms with van der Waals surface area (Å²) in [4.78, 5) is 0. The molecule has 1 aliphatic heterocycles. The van der Waals surface area contributed by atoms with Gasteiger partial charge in [-0.3, -0.25) is 0 Å². The number of fused-ring (bicyclic) bond motifs is 3. The van der Waals surface area contributed by atoms with Gasteiger partial charge < -0.3 is 11.1 Å². The molecule has 1 aliphatic carbocycles. The van der Waals surface area contributed by atoms with Gasteiger partial charge in [-0.2, -0.15) is 0 Å². The first-order chi connectivity index (χ1) is 10.6. The molecule has 0 spiro atoms. The fraction of sp³-hybridized carbons (Fsp3) is 0.222. The Morgan fingerprint density at radius 1 is 1.09 bits per heavy atom. The Bertz CT molecular complexity index is 770. The summed E-state index contributed by atoms with van der Waals surface area (Å²) in [6, 6.07) is 12.1. The van der Waals surface area contributed by atoms with Crippen molar-refractivity contribution in [2.45, 2.75) is 18.4 Å². The van der Waals surface area contributed by atoms with Crippen LogP contribution in [0.1, 0.15) is 29.5 Å². The summed E-state index contributed by atoms with van der Waals surface area (Å²) in [5, 5.41) is 4.89. The summed E-state index contributed by atoms with van der Waals surface area (Å²) in [7, 11) is 0. The summed E-state index contributed by atoms with van der Waals surface area (Å²) in [5.74, 6) is 0.810.